The minimum absolute atomic E-state index is 0.0431. The van der Waals surface area contributed by atoms with E-state index in [0.29, 0.717) is 24.5 Å². The van der Waals surface area contributed by atoms with Gasteiger partial charge in [-0.2, -0.15) is 5.26 Å². The predicted octanol–water partition coefficient (Wildman–Crippen LogP) is 2.48. The average Bonchev–Trinajstić information content (AvgIpc) is 2.54. The molecular weight excluding hydrogens is 290 g/mol. The lowest BCUT2D eigenvalue weighted by atomic mass is 9.79. The molecule has 2 N–H and O–H groups in total. The molecule has 1 aromatic rings. The standard InChI is InChI=1S/C18H25N3O2/c1-13-14-5-2-3-6-15(14)16(11-19)17(21-13)20-12-18(7-4-8-18)23-10-9-22/h22H,2-10,12H2,1H3,(H,20,21). The van der Waals surface area contributed by atoms with E-state index in [1.807, 2.05) is 6.92 Å². The summed E-state index contributed by atoms with van der Waals surface area (Å²) in [7, 11) is 0. The van der Waals surface area contributed by atoms with Crippen molar-refractivity contribution in [2.24, 2.45) is 0 Å². The average molecular weight is 315 g/mol. The molecule has 1 aromatic heterocycles. The molecule has 0 amide bonds. The Morgan fingerprint density at radius 3 is 2.61 bits per heavy atom. The van der Waals surface area contributed by atoms with Crippen molar-refractivity contribution in [1.82, 2.24) is 4.98 Å². The minimum Gasteiger partial charge on any atom is -0.394 e. The summed E-state index contributed by atoms with van der Waals surface area (Å²) >= 11 is 0. The molecule has 0 atom stereocenters. The van der Waals surface area contributed by atoms with Crippen molar-refractivity contribution in [2.45, 2.75) is 57.5 Å². The molecule has 1 heterocycles. The number of rotatable bonds is 6. The maximum atomic E-state index is 9.61. The number of nitriles is 1. The number of nitrogens with zero attached hydrogens (tertiary/aromatic N) is 2. The molecule has 5 heteroatoms. The quantitative estimate of drug-likeness (QED) is 0.843. The van der Waals surface area contributed by atoms with Gasteiger partial charge in [0.1, 0.15) is 11.9 Å². The number of aliphatic hydroxyl groups excluding tert-OH is 1. The molecule has 1 saturated carbocycles. The molecule has 0 saturated heterocycles. The molecule has 0 aliphatic heterocycles. The van der Waals surface area contributed by atoms with E-state index in [0.717, 1.165) is 44.2 Å². The molecule has 124 valence electrons. The van der Waals surface area contributed by atoms with Gasteiger partial charge in [-0.3, -0.25) is 0 Å². The fourth-order valence-electron chi connectivity index (χ4n) is 3.71. The number of fused-ring (bicyclic) bond motifs is 1. The van der Waals surface area contributed by atoms with Crippen LogP contribution in [0.3, 0.4) is 0 Å². The maximum Gasteiger partial charge on any atom is 0.144 e. The summed E-state index contributed by atoms with van der Waals surface area (Å²) in [6.45, 7) is 3.09. The van der Waals surface area contributed by atoms with Crippen LogP contribution < -0.4 is 5.32 Å². The summed E-state index contributed by atoms with van der Waals surface area (Å²) < 4.78 is 5.83. The van der Waals surface area contributed by atoms with Crippen LogP contribution in [0.15, 0.2) is 0 Å². The molecule has 23 heavy (non-hydrogen) atoms. The first-order valence-electron chi connectivity index (χ1n) is 8.60. The molecule has 2 aliphatic carbocycles. The number of hydrogen-bond acceptors (Lipinski definition) is 5. The first-order chi connectivity index (χ1) is 11.2. The zero-order valence-electron chi connectivity index (χ0n) is 13.8. The summed E-state index contributed by atoms with van der Waals surface area (Å²) in [6, 6.07) is 2.36. The van der Waals surface area contributed by atoms with E-state index in [1.165, 1.54) is 17.5 Å². The van der Waals surface area contributed by atoms with E-state index in [1.54, 1.807) is 0 Å². The Morgan fingerprint density at radius 1 is 1.26 bits per heavy atom. The summed E-state index contributed by atoms with van der Waals surface area (Å²) in [5.74, 6) is 0.699. The van der Waals surface area contributed by atoms with E-state index < -0.39 is 0 Å². The predicted molar refractivity (Wildman–Crippen MR) is 88.4 cm³/mol. The summed E-state index contributed by atoms with van der Waals surface area (Å²) in [5.41, 5.74) is 4.00. The Bertz CT molecular complexity index is 618. The van der Waals surface area contributed by atoms with Gasteiger partial charge >= 0.3 is 0 Å². The third kappa shape index (κ3) is 3.19. The number of pyridine rings is 1. The van der Waals surface area contributed by atoms with Gasteiger partial charge in [-0.15, -0.1) is 0 Å². The number of aliphatic hydroxyl groups is 1. The molecule has 2 aliphatic rings. The highest BCUT2D eigenvalue weighted by Gasteiger charge is 2.38. The van der Waals surface area contributed by atoms with Crippen LogP contribution in [0.4, 0.5) is 5.82 Å². The topological polar surface area (TPSA) is 78.2 Å². The zero-order chi connectivity index (χ0) is 16.3. The fourth-order valence-corrected chi connectivity index (χ4v) is 3.71. The summed E-state index contributed by atoms with van der Waals surface area (Å²) in [5, 5.41) is 22.0. The Kier molecular flexibility index (Phi) is 4.84. The van der Waals surface area contributed by atoms with Crippen LogP contribution in [0, 0.1) is 18.3 Å². The molecule has 0 radical (unpaired) electrons. The second-order valence-corrected chi connectivity index (χ2v) is 6.66. The van der Waals surface area contributed by atoms with E-state index in [2.05, 4.69) is 16.4 Å². The number of aromatic nitrogens is 1. The molecule has 1 fully saturated rings. The second-order valence-electron chi connectivity index (χ2n) is 6.66. The Balaban J connectivity index is 1.80. The van der Waals surface area contributed by atoms with E-state index >= 15 is 0 Å². The highest BCUT2D eigenvalue weighted by atomic mass is 16.5. The third-order valence-electron chi connectivity index (χ3n) is 5.18. The van der Waals surface area contributed by atoms with Gasteiger partial charge in [0.05, 0.1) is 24.4 Å². The lowest BCUT2D eigenvalue weighted by Gasteiger charge is -2.41. The lowest BCUT2D eigenvalue weighted by Crippen LogP contribution is -2.47. The van der Waals surface area contributed by atoms with Crippen molar-refractivity contribution in [3.8, 4) is 6.07 Å². The van der Waals surface area contributed by atoms with Crippen LogP contribution in [-0.4, -0.2) is 35.5 Å². The van der Waals surface area contributed by atoms with Gasteiger partial charge < -0.3 is 15.2 Å². The summed E-state index contributed by atoms with van der Waals surface area (Å²) in [6.07, 6.45) is 7.47. The Morgan fingerprint density at radius 2 is 2.00 bits per heavy atom. The molecule has 0 aromatic carbocycles. The third-order valence-corrected chi connectivity index (χ3v) is 5.18. The van der Waals surface area contributed by atoms with E-state index in [4.69, 9.17) is 9.84 Å². The number of ether oxygens (including phenoxy) is 1. The van der Waals surface area contributed by atoms with Crippen molar-refractivity contribution < 1.29 is 9.84 Å². The molecule has 0 spiro atoms. The largest absolute Gasteiger partial charge is 0.394 e. The highest BCUT2D eigenvalue weighted by molar-refractivity contribution is 5.60. The van der Waals surface area contributed by atoms with Gasteiger partial charge in [0.25, 0.3) is 0 Å². The van der Waals surface area contributed by atoms with Crippen molar-refractivity contribution in [2.75, 3.05) is 25.1 Å². The lowest BCUT2D eigenvalue weighted by molar-refractivity contribution is -0.0980. The fraction of sp³-hybridized carbons (Fsp3) is 0.667. The van der Waals surface area contributed by atoms with Crippen molar-refractivity contribution in [3.05, 3.63) is 22.4 Å². The number of aryl methyl sites for hydroxylation is 1. The molecule has 0 unspecified atom stereocenters. The van der Waals surface area contributed by atoms with Crippen LogP contribution in [0.1, 0.15) is 54.5 Å². The Hall–Kier alpha value is -1.64. The molecule has 3 rings (SSSR count). The smallest absolute Gasteiger partial charge is 0.144 e. The minimum atomic E-state index is -0.207. The molecule has 5 nitrogen and oxygen atoms in total. The number of nitrogens with one attached hydrogen (secondary N) is 1. The van der Waals surface area contributed by atoms with Gasteiger partial charge in [0.2, 0.25) is 0 Å². The van der Waals surface area contributed by atoms with E-state index in [9.17, 15) is 5.26 Å². The first kappa shape index (κ1) is 16.2. The van der Waals surface area contributed by atoms with Gasteiger partial charge in [0.15, 0.2) is 0 Å². The van der Waals surface area contributed by atoms with Crippen LogP contribution in [0.2, 0.25) is 0 Å². The van der Waals surface area contributed by atoms with Crippen LogP contribution in [0.5, 0.6) is 0 Å². The van der Waals surface area contributed by atoms with Gasteiger partial charge in [-0.1, -0.05) is 0 Å². The van der Waals surface area contributed by atoms with Gasteiger partial charge in [-0.05, 0) is 63.0 Å². The van der Waals surface area contributed by atoms with Crippen molar-refractivity contribution in [1.29, 1.82) is 5.26 Å². The normalized spacial score (nSPS) is 18.7. The highest BCUT2D eigenvalue weighted by Crippen LogP contribution is 2.36. The molecule has 0 bridgehead atoms. The van der Waals surface area contributed by atoms with Crippen LogP contribution in [0.25, 0.3) is 0 Å². The van der Waals surface area contributed by atoms with Crippen molar-refractivity contribution in [3.63, 3.8) is 0 Å². The second kappa shape index (κ2) is 6.86. The number of anilines is 1. The maximum absolute atomic E-state index is 9.61. The first-order valence-corrected chi connectivity index (χ1v) is 8.60. The number of hydrogen-bond donors (Lipinski definition) is 2. The van der Waals surface area contributed by atoms with Crippen molar-refractivity contribution >= 4 is 5.82 Å². The summed E-state index contributed by atoms with van der Waals surface area (Å²) in [4.78, 5) is 4.66. The zero-order valence-corrected chi connectivity index (χ0v) is 13.8. The Labute approximate surface area is 137 Å². The van der Waals surface area contributed by atoms with Gasteiger partial charge in [0, 0.05) is 12.2 Å². The van der Waals surface area contributed by atoms with Crippen LogP contribution in [-0.2, 0) is 17.6 Å². The van der Waals surface area contributed by atoms with E-state index in [-0.39, 0.29) is 12.2 Å². The monoisotopic (exact) mass is 315 g/mol. The van der Waals surface area contributed by atoms with Crippen LogP contribution >= 0.6 is 0 Å². The molecular formula is C18H25N3O2. The van der Waals surface area contributed by atoms with Gasteiger partial charge in [-0.25, -0.2) is 4.98 Å². The SMILES string of the molecule is Cc1nc(NCC2(OCCO)CCC2)c(C#N)c2c1CCCC2.